The van der Waals surface area contributed by atoms with Gasteiger partial charge in [-0.15, -0.1) is 0 Å². The average Bonchev–Trinajstić information content (AvgIpc) is 3.18. The maximum atomic E-state index is 12.2. The molecule has 0 bridgehead atoms. The normalized spacial score (nSPS) is 20.6. The third kappa shape index (κ3) is 3.03. The van der Waals surface area contributed by atoms with E-state index in [0.717, 1.165) is 19.3 Å². The first-order valence-electron chi connectivity index (χ1n) is 7.32. The Balaban J connectivity index is 1.64. The molecule has 1 aliphatic carbocycles. The zero-order chi connectivity index (χ0) is 15.4. The van der Waals surface area contributed by atoms with Crippen LogP contribution in [0.3, 0.4) is 0 Å². The molecule has 2 aromatic rings. The standard InChI is InChI=1S/C15H19N5O2/c1-22-14-12(5-3-7-17-14)19-15(21)18-11-4-2-6-13(11)20-9-8-16-10-20/h3,5,7-11,13H,2,4,6H2,1H3,(H2,18,19,21)/t11-,13+/m1/s1. The predicted octanol–water partition coefficient (Wildman–Crippen LogP) is 2.20. The molecule has 0 saturated heterocycles. The number of carbonyl (C=O) groups excluding carboxylic acids is 1. The number of rotatable bonds is 4. The van der Waals surface area contributed by atoms with E-state index in [-0.39, 0.29) is 18.1 Å². The molecule has 2 atom stereocenters. The molecule has 1 saturated carbocycles. The Morgan fingerprint density at radius 2 is 2.32 bits per heavy atom. The molecule has 1 aliphatic rings. The first-order valence-corrected chi connectivity index (χ1v) is 7.32. The van der Waals surface area contributed by atoms with Crippen LogP contribution in [0.5, 0.6) is 5.88 Å². The molecule has 0 radical (unpaired) electrons. The van der Waals surface area contributed by atoms with Crippen LogP contribution in [0.2, 0.25) is 0 Å². The molecular weight excluding hydrogens is 282 g/mol. The molecule has 116 valence electrons. The monoisotopic (exact) mass is 301 g/mol. The molecule has 0 aliphatic heterocycles. The molecule has 2 aromatic heterocycles. The number of aromatic nitrogens is 3. The van der Waals surface area contributed by atoms with Crippen LogP contribution in [-0.2, 0) is 0 Å². The maximum absolute atomic E-state index is 12.2. The van der Waals surface area contributed by atoms with Gasteiger partial charge in [0.25, 0.3) is 0 Å². The van der Waals surface area contributed by atoms with Crippen molar-refractivity contribution in [2.75, 3.05) is 12.4 Å². The lowest BCUT2D eigenvalue weighted by molar-refractivity contribution is 0.245. The van der Waals surface area contributed by atoms with E-state index < -0.39 is 0 Å². The average molecular weight is 301 g/mol. The Morgan fingerprint density at radius 3 is 3.09 bits per heavy atom. The van der Waals surface area contributed by atoms with Crippen molar-refractivity contribution in [1.82, 2.24) is 19.9 Å². The minimum absolute atomic E-state index is 0.0943. The SMILES string of the molecule is COc1ncccc1NC(=O)N[C@@H]1CCC[C@@H]1n1ccnc1. The van der Waals surface area contributed by atoms with Gasteiger partial charge in [-0.2, -0.15) is 0 Å². The summed E-state index contributed by atoms with van der Waals surface area (Å²) in [5.74, 6) is 0.398. The molecule has 0 spiro atoms. The van der Waals surface area contributed by atoms with Crippen molar-refractivity contribution in [1.29, 1.82) is 0 Å². The molecular formula is C15H19N5O2. The summed E-state index contributed by atoms with van der Waals surface area (Å²) in [7, 11) is 1.53. The number of carbonyl (C=O) groups is 1. The Hall–Kier alpha value is -2.57. The molecule has 7 heteroatoms. The minimum atomic E-state index is -0.247. The third-order valence-corrected chi connectivity index (χ3v) is 3.92. The number of methoxy groups -OCH3 is 1. The van der Waals surface area contributed by atoms with Crippen LogP contribution in [0, 0.1) is 0 Å². The van der Waals surface area contributed by atoms with E-state index in [1.54, 1.807) is 30.9 Å². The smallest absolute Gasteiger partial charge is 0.319 e. The highest BCUT2D eigenvalue weighted by Crippen LogP contribution is 2.30. The van der Waals surface area contributed by atoms with Crippen molar-refractivity contribution in [2.45, 2.75) is 31.3 Å². The van der Waals surface area contributed by atoms with Crippen molar-refractivity contribution >= 4 is 11.7 Å². The van der Waals surface area contributed by atoms with Crippen LogP contribution in [0.25, 0.3) is 0 Å². The first-order chi connectivity index (χ1) is 10.8. The fraction of sp³-hybridized carbons (Fsp3) is 0.400. The van der Waals surface area contributed by atoms with E-state index in [2.05, 4.69) is 25.2 Å². The van der Waals surface area contributed by atoms with Crippen molar-refractivity contribution < 1.29 is 9.53 Å². The lowest BCUT2D eigenvalue weighted by Crippen LogP contribution is -2.40. The number of imidazole rings is 1. The van der Waals surface area contributed by atoms with E-state index in [1.165, 1.54) is 7.11 Å². The van der Waals surface area contributed by atoms with Gasteiger partial charge in [-0.05, 0) is 31.4 Å². The number of ether oxygens (including phenoxy) is 1. The topological polar surface area (TPSA) is 81.1 Å². The summed E-state index contributed by atoms with van der Waals surface area (Å²) in [6.45, 7) is 0. The van der Waals surface area contributed by atoms with Crippen molar-refractivity contribution in [2.24, 2.45) is 0 Å². The van der Waals surface area contributed by atoms with Gasteiger partial charge in [-0.25, -0.2) is 14.8 Å². The predicted molar refractivity (Wildman–Crippen MR) is 81.8 cm³/mol. The van der Waals surface area contributed by atoms with E-state index >= 15 is 0 Å². The summed E-state index contributed by atoms with van der Waals surface area (Å²) in [5, 5.41) is 5.83. The van der Waals surface area contributed by atoms with Gasteiger partial charge in [0.05, 0.1) is 25.5 Å². The van der Waals surface area contributed by atoms with E-state index in [4.69, 9.17) is 4.74 Å². The molecule has 0 unspecified atom stereocenters. The summed E-state index contributed by atoms with van der Waals surface area (Å²) >= 11 is 0. The number of amides is 2. The summed E-state index contributed by atoms with van der Waals surface area (Å²) in [6, 6.07) is 3.61. The van der Waals surface area contributed by atoms with Gasteiger partial charge in [-0.3, -0.25) is 0 Å². The van der Waals surface area contributed by atoms with Gasteiger partial charge < -0.3 is 19.9 Å². The summed E-state index contributed by atoms with van der Waals surface area (Å²) in [4.78, 5) is 20.4. The lowest BCUT2D eigenvalue weighted by Gasteiger charge is -2.22. The van der Waals surface area contributed by atoms with Gasteiger partial charge in [0.1, 0.15) is 5.69 Å². The molecule has 0 aromatic carbocycles. The van der Waals surface area contributed by atoms with Gasteiger partial charge in [-0.1, -0.05) is 0 Å². The van der Waals surface area contributed by atoms with Crippen molar-refractivity contribution in [3.63, 3.8) is 0 Å². The highest BCUT2D eigenvalue weighted by Gasteiger charge is 2.29. The molecule has 2 N–H and O–H groups in total. The van der Waals surface area contributed by atoms with Crippen LogP contribution in [0.4, 0.5) is 10.5 Å². The number of urea groups is 1. The summed E-state index contributed by atoms with van der Waals surface area (Å²) < 4.78 is 7.19. The summed E-state index contributed by atoms with van der Waals surface area (Å²) in [5.41, 5.74) is 0.555. The van der Waals surface area contributed by atoms with Gasteiger partial charge >= 0.3 is 6.03 Å². The molecule has 1 fully saturated rings. The molecule has 22 heavy (non-hydrogen) atoms. The largest absolute Gasteiger partial charge is 0.480 e. The van der Waals surface area contributed by atoms with Crippen molar-refractivity contribution in [3.05, 3.63) is 37.1 Å². The third-order valence-electron chi connectivity index (χ3n) is 3.92. The molecule has 2 heterocycles. The number of nitrogens with one attached hydrogen (secondary N) is 2. The fourth-order valence-electron chi connectivity index (χ4n) is 2.91. The second-order valence-electron chi connectivity index (χ2n) is 5.27. The lowest BCUT2D eigenvalue weighted by atomic mass is 10.2. The number of nitrogens with zero attached hydrogens (tertiary/aromatic N) is 3. The Labute approximate surface area is 128 Å². The first kappa shape index (κ1) is 14.4. The van der Waals surface area contributed by atoms with Gasteiger partial charge in [0, 0.05) is 18.6 Å². The van der Waals surface area contributed by atoms with Gasteiger partial charge in [0.15, 0.2) is 0 Å². The zero-order valence-corrected chi connectivity index (χ0v) is 12.4. The Kier molecular flexibility index (Phi) is 4.22. The quantitative estimate of drug-likeness (QED) is 0.907. The number of hydrogen-bond donors (Lipinski definition) is 2. The second kappa shape index (κ2) is 6.46. The number of anilines is 1. The van der Waals surface area contributed by atoms with Crippen LogP contribution >= 0.6 is 0 Å². The highest BCUT2D eigenvalue weighted by atomic mass is 16.5. The Morgan fingerprint density at radius 1 is 1.41 bits per heavy atom. The van der Waals surface area contributed by atoms with E-state index in [1.807, 2.05) is 6.20 Å². The molecule has 3 rings (SSSR count). The summed E-state index contributed by atoms with van der Waals surface area (Å²) in [6.07, 6.45) is 10.2. The molecule has 2 amide bonds. The van der Waals surface area contributed by atoms with Crippen molar-refractivity contribution in [3.8, 4) is 5.88 Å². The van der Waals surface area contributed by atoms with Crippen LogP contribution in [-0.4, -0.2) is 33.7 Å². The number of pyridine rings is 1. The van der Waals surface area contributed by atoms with E-state index in [9.17, 15) is 4.79 Å². The molecule has 7 nitrogen and oxygen atoms in total. The van der Waals surface area contributed by atoms with Crippen LogP contribution in [0.1, 0.15) is 25.3 Å². The Bertz CT molecular complexity index is 629. The second-order valence-corrected chi connectivity index (χ2v) is 5.27. The maximum Gasteiger partial charge on any atom is 0.319 e. The van der Waals surface area contributed by atoms with Gasteiger partial charge in [0.2, 0.25) is 5.88 Å². The fourth-order valence-corrected chi connectivity index (χ4v) is 2.91. The minimum Gasteiger partial charge on any atom is -0.480 e. The van der Waals surface area contributed by atoms with Crippen LogP contribution < -0.4 is 15.4 Å². The van der Waals surface area contributed by atoms with Crippen LogP contribution in [0.15, 0.2) is 37.1 Å². The highest BCUT2D eigenvalue weighted by molar-refractivity contribution is 5.90. The van der Waals surface area contributed by atoms with E-state index in [0.29, 0.717) is 11.6 Å². The zero-order valence-electron chi connectivity index (χ0n) is 12.4. The number of hydrogen-bond acceptors (Lipinski definition) is 4.